The quantitative estimate of drug-likeness (QED) is 0.853. The summed E-state index contributed by atoms with van der Waals surface area (Å²) in [5.74, 6) is 0.685. The number of rotatable bonds is 3. The van der Waals surface area contributed by atoms with Gasteiger partial charge in [0, 0.05) is 23.0 Å². The third-order valence-corrected chi connectivity index (χ3v) is 2.49. The van der Waals surface area contributed by atoms with Crippen LogP contribution in [-0.2, 0) is 0 Å². The lowest BCUT2D eigenvalue weighted by molar-refractivity contribution is 0.0939. The molecule has 4 nitrogen and oxygen atoms in total. The Labute approximate surface area is 100.0 Å². The highest BCUT2D eigenvalue weighted by atomic mass is 16.5. The summed E-state index contributed by atoms with van der Waals surface area (Å²) >= 11 is 0. The molecule has 1 aromatic heterocycles. The fourth-order valence-electron chi connectivity index (χ4n) is 1.70. The molecule has 2 aromatic rings. The molecule has 2 N–H and O–H groups in total. The number of aromatic amines is 1. The Morgan fingerprint density at radius 2 is 2.12 bits per heavy atom. The van der Waals surface area contributed by atoms with Gasteiger partial charge in [0.15, 0.2) is 0 Å². The number of ether oxygens (including phenoxy) is 1. The summed E-state index contributed by atoms with van der Waals surface area (Å²) in [5, 5.41) is 3.85. The van der Waals surface area contributed by atoms with Gasteiger partial charge in [0.2, 0.25) is 0 Å². The van der Waals surface area contributed by atoms with Crippen LogP contribution >= 0.6 is 0 Å². The molecule has 0 fully saturated rings. The van der Waals surface area contributed by atoms with Gasteiger partial charge >= 0.3 is 0 Å². The number of methoxy groups -OCH3 is 1. The van der Waals surface area contributed by atoms with Gasteiger partial charge in [0.05, 0.1) is 7.11 Å². The van der Waals surface area contributed by atoms with Crippen molar-refractivity contribution in [3.63, 3.8) is 0 Å². The highest BCUT2D eigenvalue weighted by molar-refractivity contribution is 5.98. The van der Waals surface area contributed by atoms with Crippen LogP contribution in [-0.4, -0.2) is 24.0 Å². The third kappa shape index (κ3) is 2.41. The molecule has 4 heteroatoms. The summed E-state index contributed by atoms with van der Waals surface area (Å²) in [6.45, 7) is 3.87. The third-order valence-electron chi connectivity index (χ3n) is 2.49. The fraction of sp³-hybridized carbons (Fsp3) is 0.308. The second kappa shape index (κ2) is 4.49. The van der Waals surface area contributed by atoms with Crippen LogP contribution < -0.4 is 10.1 Å². The zero-order chi connectivity index (χ0) is 12.4. The first kappa shape index (κ1) is 11.5. The van der Waals surface area contributed by atoms with Gasteiger partial charge in [-0.05, 0) is 32.0 Å². The largest absolute Gasteiger partial charge is 0.497 e. The lowest BCUT2D eigenvalue weighted by Crippen LogP contribution is -2.30. The molecule has 1 amide bonds. The minimum atomic E-state index is -0.0878. The number of hydrogen-bond donors (Lipinski definition) is 2. The molecule has 17 heavy (non-hydrogen) atoms. The van der Waals surface area contributed by atoms with Crippen LogP contribution in [0.1, 0.15) is 24.3 Å². The van der Waals surface area contributed by atoms with Gasteiger partial charge < -0.3 is 15.0 Å². The predicted molar refractivity (Wildman–Crippen MR) is 67.5 cm³/mol. The Kier molecular flexibility index (Phi) is 3.04. The topological polar surface area (TPSA) is 54.1 Å². The van der Waals surface area contributed by atoms with Gasteiger partial charge in [-0.1, -0.05) is 0 Å². The Bertz CT molecular complexity index is 543. The summed E-state index contributed by atoms with van der Waals surface area (Å²) in [5.41, 5.74) is 1.47. The lowest BCUT2D eigenvalue weighted by atomic mass is 10.2. The van der Waals surface area contributed by atoms with E-state index in [-0.39, 0.29) is 11.9 Å². The number of H-pyrrole nitrogens is 1. The number of hydrogen-bond acceptors (Lipinski definition) is 2. The van der Waals surface area contributed by atoms with E-state index in [2.05, 4.69) is 10.3 Å². The van der Waals surface area contributed by atoms with Crippen molar-refractivity contribution >= 4 is 16.8 Å². The van der Waals surface area contributed by atoms with Gasteiger partial charge in [0.25, 0.3) is 5.91 Å². The fourth-order valence-corrected chi connectivity index (χ4v) is 1.70. The smallest absolute Gasteiger partial charge is 0.267 e. The van der Waals surface area contributed by atoms with Crippen molar-refractivity contribution in [1.82, 2.24) is 10.3 Å². The van der Waals surface area contributed by atoms with Crippen molar-refractivity contribution < 1.29 is 9.53 Å². The molecule has 0 saturated carbocycles. The van der Waals surface area contributed by atoms with Crippen LogP contribution in [0.4, 0.5) is 0 Å². The highest BCUT2D eigenvalue weighted by Gasteiger charge is 2.10. The Morgan fingerprint density at radius 3 is 2.76 bits per heavy atom. The van der Waals surface area contributed by atoms with Crippen molar-refractivity contribution in [1.29, 1.82) is 0 Å². The molecule has 0 aliphatic carbocycles. The second-order valence-electron chi connectivity index (χ2n) is 4.26. The number of amides is 1. The van der Waals surface area contributed by atoms with Gasteiger partial charge in [-0.3, -0.25) is 4.79 Å². The SMILES string of the molecule is COc1ccc2cc(C(=O)NC(C)C)[nH]c2c1. The van der Waals surface area contributed by atoms with E-state index >= 15 is 0 Å². The molecular formula is C13H16N2O2. The minimum absolute atomic E-state index is 0.0878. The minimum Gasteiger partial charge on any atom is -0.497 e. The molecule has 0 atom stereocenters. The number of carbonyl (C=O) groups is 1. The molecule has 90 valence electrons. The van der Waals surface area contributed by atoms with E-state index in [1.54, 1.807) is 7.11 Å². The van der Waals surface area contributed by atoms with Crippen LogP contribution in [0.15, 0.2) is 24.3 Å². The summed E-state index contributed by atoms with van der Waals surface area (Å²) in [4.78, 5) is 14.9. The van der Waals surface area contributed by atoms with Crippen molar-refractivity contribution in [2.45, 2.75) is 19.9 Å². The normalized spacial score (nSPS) is 10.8. The zero-order valence-corrected chi connectivity index (χ0v) is 10.2. The van der Waals surface area contributed by atoms with E-state index < -0.39 is 0 Å². The molecule has 0 saturated heterocycles. The lowest BCUT2D eigenvalue weighted by Gasteiger charge is -2.05. The first-order chi connectivity index (χ1) is 8.10. The van der Waals surface area contributed by atoms with Gasteiger partial charge in [-0.25, -0.2) is 0 Å². The maximum atomic E-state index is 11.8. The van der Waals surface area contributed by atoms with Crippen molar-refractivity contribution in [2.75, 3.05) is 7.11 Å². The number of benzene rings is 1. The monoisotopic (exact) mass is 232 g/mol. The molecule has 1 aromatic carbocycles. The number of carbonyl (C=O) groups excluding carboxylic acids is 1. The Hall–Kier alpha value is -1.97. The van der Waals surface area contributed by atoms with Crippen LogP contribution in [0.5, 0.6) is 5.75 Å². The van der Waals surface area contributed by atoms with Crippen molar-refractivity contribution in [3.05, 3.63) is 30.0 Å². The number of fused-ring (bicyclic) bond motifs is 1. The molecule has 2 rings (SSSR count). The Morgan fingerprint density at radius 1 is 1.35 bits per heavy atom. The van der Waals surface area contributed by atoms with Crippen LogP contribution in [0.25, 0.3) is 10.9 Å². The van der Waals surface area contributed by atoms with E-state index in [0.29, 0.717) is 5.69 Å². The molecule has 0 spiro atoms. The van der Waals surface area contributed by atoms with Gasteiger partial charge in [-0.15, -0.1) is 0 Å². The van der Waals surface area contributed by atoms with E-state index in [0.717, 1.165) is 16.7 Å². The first-order valence-electron chi connectivity index (χ1n) is 5.58. The number of aromatic nitrogens is 1. The summed E-state index contributed by atoms with van der Waals surface area (Å²) < 4.78 is 5.14. The van der Waals surface area contributed by atoms with E-state index in [9.17, 15) is 4.79 Å². The number of nitrogens with one attached hydrogen (secondary N) is 2. The summed E-state index contributed by atoms with van der Waals surface area (Å²) in [6.07, 6.45) is 0. The zero-order valence-electron chi connectivity index (χ0n) is 10.2. The second-order valence-corrected chi connectivity index (χ2v) is 4.26. The van der Waals surface area contributed by atoms with Crippen LogP contribution in [0.2, 0.25) is 0 Å². The highest BCUT2D eigenvalue weighted by Crippen LogP contribution is 2.21. The molecule has 0 unspecified atom stereocenters. The summed E-state index contributed by atoms with van der Waals surface area (Å²) in [6, 6.07) is 7.65. The van der Waals surface area contributed by atoms with E-state index in [4.69, 9.17) is 4.74 Å². The molecular weight excluding hydrogens is 216 g/mol. The molecule has 0 radical (unpaired) electrons. The maximum Gasteiger partial charge on any atom is 0.267 e. The molecule has 0 aliphatic heterocycles. The molecule has 1 heterocycles. The molecule has 0 bridgehead atoms. The summed E-state index contributed by atoms with van der Waals surface area (Å²) in [7, 11) is 1.62. The average molecular weight is 232 g/mol. The first-order valence-corrected chi connectivity index (χ1v) is 5.58. The predicted octanol–water partition coefficient (Wildman–Crippen LogP) is 2.31. The van der Waals surface area contributed by atoms with Crippen molar-refractivity contribution in [3.8, 4) is 5.75 Å². The van der Waals surface area contributed by atoms with Crippen LogP contribution in [0, 0.1) is 0 Å². The van der Waals surface area contributed by atoms with E-state index in [1.807, 2.05) is 38.1 Å². The maximum absolute atomic E-state index is 11.8. The standard InChI is InChI=1S/C13H16N2O2/c1-8(2)14-13(16)12-6-9-4-5-10(17-3)7-11(9)15-12/h4-8,15H,1-3H3,(H,14,16). The van der Waals surface area contributed by atoms with Crippen LogP contribution in [0.3, 0.4) is 0 Å². The van der Waals surface area contributed by atoms with Crippen molar-refractivity contribution in [2.24, 2.45) is 0 Å². The van der Waals surface area contributed by atoms with E-state index in [1.165, 1.54) is 0 Å². The van der Waals surface area contributed by atoms with Gasteiger partial charge in [0.1, 0.15) is 11.4 Å². The molecule has 0 aliphatic rings. The average Bonchev–Trinajstić information content (AvgIpc) is 2.70. The Balaban J connectivity index is 2.34. The van der Waals surface area contributed by atoms with Gasteiger partial charge in [-0.2, -0.15) is 0 Å².